The maximum atomic E-state index is 11.5. The Bertz CT molecular complexity index is 709. The highest BCUT2D eigenvalue weighted by molar-refractivity contribution is 7.90. The van der Waals surface area contributed by atoms with Crippen LogP contribution in [0, 0.1) is 5.41 Å². The summed E-state index contributed by atoms with van der Waals surface area (Å²) in [6.45, 7) is 7.54. The minimum atomic E-state index is -3.13. The van der Waals surface area contributed by atoms with Gasteiger partial charge < -0.3 is 10.2 Å². The summed E-state index contributed by atoms with van der Waals surface area (Å²) in [4.78, 5) is 7.22. The van der Waals surface area contributed by atoms with E-state index in [1.807, 2.05) is 19.2 Å². The first-order chi connectivity index (χ1) is 12.3. The maximum absolute atomic E-state index is 11.5. The van der Waals surface area contributed by atoms with E-state index in [9.17, 15) is 8.42 Å². The molecule has 1 aliphatic rings. The predicted octanol–water partition coefficient (Wildman–Crippen LogP) is 3.11. The summed E-state index contributed by atoms with van der Waals surface area (Å²) in [6.07, 6.45) is 7.06. The van der Waals surface area contributed by atoms with Crippen LogP contribution >= 0.6 is 0 Å². The third-order valence-corrected chi connectivity index (χ3v) is 6.32. The number of hydrogen-bond acceptors (Lipinski definition) is 3. The molecular formula is C20H33N3O2S. The van der Waals surface area contributed by atoms with Crippen LogP contribution in [0.25, 0.3) is 0 Å². The molecule has 1 unspecified atom stereocenters. The van der Waals surface area contributed by atoms with E-state index in [4.69, 9.17) is 0 Å². The molecule has 0 aromatic heterocycles. The fourth-order valence-corrected chi connectivity index (χ4v) is 4.49. The standard InChI is InChI=1S/C20H33N3O2S/c1-5-12-20(2)13-6-15-23(16-20)19(21-3)22-14-11-17-7-9-18(10-8-17)26(4,24)25/h7-10H,5-6,11-16H2,1-4H3,(H,21,22). The topological polar surface area (TPSA) is 61.8 Å². The lowest BCUT2D eigenvalue weighted by atomic mass is 9.78. The van der Waals surface area contributed by atoms with Crippen molar-refractivity contribution in [2.45, 2.75) is 50.8 Å². The van der Waals surface area contributed by atoms with E-state index in [0.717, 1.165) is 37.6 Å². The second-order valence-corrected chi connectivity index (χ2v) is 9.74. The van der Waals surface area contributed by atoms with E-state index in [0.29, 0.717) is 10.3 Å². The van der Waals surface area contributed by atoms with Crippen molar-refractivity contribution in [3.63, 3.8) is 0 Å². The number of sulfone groups is 1. The molecule has 0 radical (unpaired) electrons. The minimum Gasteiger partial charge on any atom is -0.356 e. The van der Waals surface area contributed by atoms with Gasteiger partial charge in [0, 0.05) is 32.9 Å². The molecule has 1 aromatic rings. The van der Waals surface area contributed by atoms with Gasteiger partial charge in [-0.3, -0.25) is 4.99 Å². The molecule has 0 aliphatic carbocycles. The lowest BCUT2D eigenvalue weighted by Gasteiger charge is -2.42. The zero-order chi connectivity index (χ0) is 19.2. The Labute approximate surface area is 158 Å². The molecule has 1 atom stereocenters. The minimum absolute atomic E-state index is 0.369. The molecule has 2 rings (SSSR count). The van der Waals surface area contributed by atoms with E-state index in [2.05, 4.69) is 29.1 Å². The zero-order valence-corrected chi connectivity index (χ0v) is 17.4. The van der Waals surface area contributed by atoms with E-state index >= 15 is 0 Å². The fourth-order valence-electron chi connectivity index (χ4n) is 3.86. The molecule has 6 heteroatoms. The van der Waals surface area contributed by atoms with Crippen molar-refractivity contribution in [2.75, 3.05) is 32.9 Å². The van der Waals surface area contributed by atoms with Crippen molar-refractivity contribution in [1.29, 1.82) is 0 Å². The molecular weight excluding hydrogens is 346 g/mol. The summed E-state index contributed by atoms with van der Waals surface area (Å²) in [6, 6.07) is 7.14. The highest BCUT2D eigenvalue weighted by Crippen LogP contribution is 2.33. The van der Waals surface area contributed by atoms with Gasteiger partial charge in [-0.2, -0.15) is 0 Å². The predicted molar refractivity (Wildman–Crippen MR) is 108 cm³/mol. The van der Waals surface area contributed by atoms with Crippen molar-refractivity contribution in [3.05, 3.63) is 29.8 Å². The Kier molecular flexibility index (Phi) is 7.09. The van der Waals surface area contributed by atoms with E-state index < -0.39 is 9.84 Å². The molecule has 0 saturated carbocycles. The summed E-state index contributed by atoms with van der Waals surface area (Å²) < 4.78 is 23.1. The summed E-state index contributed by atoms with van der Waals surface area (Å²) in [5.41, 5.74) is 1.50. The number of guanidine groups is 1. The average molecular weight is 380 g/mol. The molecule has 0 spiro atoms. The Morgan fingerprint density at radius 3 is 2.58 bits per heavy atom. The monoisotopic (exact) mass is 379 g/mol. The normalized spacial score (nSPS) is 21.7. The van der Waals surface area contributed by atoms with E-state index in [-0.39, 0.29) is 0 Å². The fraction of sp³-hybridized carbons (Fsp3) is 0.650. The number of aliphatic imine (C=N–C) groups is 1. The van der Waals surface area contributed by atoms with Crippen molar-refractivity contribution in [2.24, 2.45) is 10.4 Å². The molecule has 0 bridgehead atoms. The van der Waals surface area contributed by atoms with Gasteiger partial charge in [0.2, 0.25) is 0 Å². The Hall–Kier alpha value is -1.56. The van der Waals surface area contributed by atoms with Crippen molar-refractivity contribution < 1.29 is 8.42 Å². The smallest absolute Gasteiger partial charge is 0.193 e. The first-order valence-corrected chi connectivity index (χ1v) is 11.4. The SMILES string of the molecule is CCCC1(C)CCCN(C(=NC)NCCc2ccc(S(C)(=O)=O)cc2)C1. The average Bonchev–Trinajstić information content (AvgIpc) is 2.58. The quantitative estimate of drug-likeness (QED) is 0.609. The largest absolute Gasteiger partial charge is 0.356 e. The number of nitrogens with zero attached hydrogens (tertiary/aromatic N) is 2. The third kappa shape index (κ3) is 5.73. The van der Waals surface area contributed by atoms with Gasteiger partial charge in [0.25, 0.3) is 0 Å². The zero-order valence-electron chi connectivity index (χ0n) is 16.6. The van der Waals surface area contributed by atoms with Gasteiger partial charge >= 0.3 is 0 Å². The van der Waals surface area contributed by atoms with Gasteiger partial charge in [-0.05, 0) is 48.8 Å². The van der Waals surface area contributed by atoms with Crippen LogP contribution in [0.3, 0.4) is 0 Å². The Morgan fingerprint density at radius 1 is 1.31 bits per heavy atom. The van der Waals surface area contributed by atoms with Gasteiger partial charge in [0.05, 0.1) is 4.90 Å². The van der Waals surface area contributed by atoms with Crippen molar-refractivity contribution >= 4 is 15.8 Å². The van der Waals surface area contributed by atoms with Crippen LogP contribution in [0.2, 0.25) is 0 Å². The van der Waals surface area contributed by atoms with Gasteiger partial charge in [-0.25, -0.2) is 8.42 Å². The number of hydrogen-bond donors (Lipinski definition) is 1. The van der Waals surface area contributed by atoms with Crippen LogP contribution in [0.4, 0.5) is 0 Å². The molecule has 1 fully saturated rings. The van der Waals surface area contributed by atoms with Gasteiger partial charge in [-0.1, -0.05) is 32.4 Å². The van der Waals surface area contributed by atoms with Gasteiger partial charge in [0.15, 0.2) is 15.8 Å². The second-order valence-electron chi connectivity index (χ2n) is 7.73. The Balaban J connectivity index is 1.89. The number of rotatable bonds is 6. The van der Waals surface area contributed by atoms with Gasteiger partial charge in [-0.15, -0.1) is 0 Å². The molecule has 1 aliphatic heterocycles. The number of piperidine rings is 1. The third-order valence-electron chi connectivity index (χ3n) is 5.19. The molecule has 1 saturated heterocycles. The summed E-state index contributed by atoms with van der Waals surface area (Å²) in [7, 11) is -1.29. The maximum Gasteiger partial charge on any atom is 0.193 e. The molecule has 5 nitrogen and oxygen atoms in total. The number of likely N-dealkylation sites (tertiary alicyclic amines) is 1. The van der Waals surface area contributed by atoms with Crippen LogP contribution in [-0.4, -0.2) is 52.2 Å². The van der Waals surface area contributed by atoms with E-state index in [1.165, 1.54) is 31.9 Å². The summed E-state index contributed by atoms with van der Waals surface area (Å²) in [5, 5.41) is 3.47. The van der Waals surface area contributed by atoms with Crippen LogP contribution in [0.5, 0.6) is 0 Å². The molecule has 1 heterocycles. The summed E-state index contributed by atoms with van der Waals surface area (Å²) in [5.74, 6) is 0.972. The molecule has 146 valence electrons. The lowest BCUT2D eigenvalue weighted by Crippen LogP contribution is -2.50. The molecule has 1 aromatic carbocycles. The highest BCUT2D eigenvalue weighted by atomic mass is 32.2. The van der Waals surface area contributed by atoms with Crippen LogP contribution in [0.1, 0.15) is 45.1 Å². The first-order valence-electron chi connectivity index (χ1n) is 9.52. The van der Waals surface area contributed by atoms with Crippen LogP contribution < -0.4 is 5.32 Å². The number of nitrogens with one attached hydrogen (secondary N) is 1. The molecule has 26 heavy (non-hydrogen) atoms. The second kappa shape index (κ2) is 8.89. The van der Waals surface area contributed by atoms with E-state index in [1.54, 1.807) is 12.1 Å². The molecule has 0 amide bonds. The van der Waals surface area contributed by atoms with Crippen molar-refractivity contribution in [3.8, 4) is 0 Å². The lowest BCUT2D eigenvalue weighted by molar-refractivity contribution is 0.142. The van der Waals surface area contributed by atoms with Crippen molar-refractivity contribution in [1.82, 2.24) is 10.2 Å². The van der Waals surface area contributed by atoms with Crippen LogP contribution in [-0.2, 0) is 16.3 Å². The number of benzene rings is 1. The van der Waals surface area contributed by atoms with Gasteiger partial charge in [0.1, 0.15) is 0 Å². The Morgan fingerprint density at radius 2 is 2.00 bits per heavy atom. The highest BCUT2D eigenvalue weighted by Gasteiger charge is 2.31. The first kappa shape index (κ1) is 20.7. The molecule has 1 N–H and O–H groups in total. The van der Waals surface area contributed by atoms with Crippen LogP contribution in [0.15, 0.2) is 34.2 Å². The summed E-state index contributed by atoms with van der Waals surface area (Å²) >= 11 is 0.